The van der Waals surface area contributed by atoms with E-state index in [1.807, 2.05) is 30.1 Å². The molecule has 0 fully saturated rings. The van der Waals surface area contributed by atoms with Gasteiger partial charge in [0.05, 0.1) is 0 Å². The number of nitrogens with zero attached hydrogens (tertiary/aromatic N) is 2. The highest BCUT2D eigenvalue weighted by atomic mass is 19.3. The van der Waals surface area contributed by atoms with Crippen LogP contribution in [-0.4, -0.2) is 16.2 Å². The van der Waals surface area contributed by atoms with E-state index in [2.05, 4.69) is 21.8 Å². The van der Waals surface area contributed by atoms with Gasteiger partial charge in [-0.25, -0.2) is 0 Å². The smallest absolute Gasteiger partial charge is 0.315 e. The Kier molecular flexibility index (Phi) is 4.11. The second-order valence-electron chi connectivity index (χ2n) is 4.21. The van der Waals surface area contributed by atoms with Crippen molar-refractivity contribution in [1.29, 1.82) is 0 Å². The molecule has 0 saturated heterocycles. The van der Waals surface area contributed by atoms with Gasteiger partial charge in [-0.15, -0.1) is 0 Å². The van der Waals surface area contributed by atoms with Gasteiger partial charge in [-0.3, -0.25) is 4.98 Å². The maximum atomic E-state index is 13.3. The van der Waals surface area contributed by atoms with E-state index < -0.39 is 18.2 Å². The normalized spacial score (nSPS) is 11.0. The minimum atomic E-state index is -3.46. The Morgan fingerprint density at radius 1 is 1.25 bits per heavy atom. The highest BCUT2D eigenvalue weighted by molar-refractivity contribution is 5.41. The number of aromatic nitrogens is 2. The van der Waals surface area contributed by atoms with E-state index in [1.165, 1.54) is 12.3 Å². The average Bonchev–Trinajstić information content (AvgIpc) is 2.83. The highest BCUT2D eigenvalue weighted by Crippen LogP contribution is 2.26. The zero-order chi connectivity index (χ0) is 14.6. The molecule has 104 valence electrons. The molecule has 3 nitrogen and oxygen atoms in total. The van der Waals surface area contributed by atoms with Gasteiger partial charge in [0.15, 0.2) is 6.61 Å². The summed E-state index contributed by atoms with van der Waals surface area (Å²) < 4.78 is 39.9. The lowest BCUT2D eigenvalue weighted by Crippen LogP contribution is -2.20. The molecule has 0 radical (unpaired) electrons. The fourth-order valence-corrected chi connectivity index (χ4v) is 1.55. The summed E-state index contributed by atoms with van der Waals surface area (Å²) in [5.74, 6) is 2.23. The summed E-state index contributed by atoms with van der Waals surface area (Å²) in [6.45, 7) is -1.35. The van der Waals surface area contributed by atoms with Gasteiger partial charge in [0.1, 0.15) is 5.69 Å². The van der Waals surface area contributed by atoms with Crippen LogP contribution in [0.4, 0.5) is 13.3 Å². The van der Waals surface area contributed by atoms with Gasteiger partial charge in [-0.05, 0) is 22.7 Å². The zero-order valence-corrected chi connectivity index (χ0v) is 10.6. The standard InChI is InChI=1S/C14H11F3N2O/c1-19-7-6-12(9-19)3-2-11-4-5-13(18-8-11)14(15,16)10-20-17/h4-9H,10H2,1H3. The van der Waals surface area contributed by atoms with Crippen LogP contribution in [0, 0.1) is 11.8 Å². The first-order chi connectivity index (χ1) is 9.51. The van der Waals surface area contributed by atoms with E-state index >= 15 is 0 Å². The van der Waals surface area contributed by atoms with Crippen molar-refractivity contribution < 1.29 is 18.2 Å². The number of alkyl halides is 2. The van der Waals surface area contributed by atoms with Gasteiger partial charge in [0, 0.05) is 36.8 Å². The van der Waals surface area contributed by atoms with Crippen molar-refractivity contribution in [3.63, 3.8) is 0 Å². The maximum Gasteiger partial charge on any atom is 0.315 e. The molecule has 2 aromatic heterocycles. The van der Waals surface area contributed by atoms with Crippen LogP contribution in [0.5, 0.6) is 0 Å². The van der Waals surface area contributed by atoms with Crippen LogP contribution < -0.4 is 0 Å². The Hall–Kier alpha value is -2.26. The van der Waals surface area contributed by atoms with Crippen molar-refractivity contribution in [3.8, 4) is 11.8 Å². The second-order valence-corrected chi connectivity index (χ2v) is 4.21. The van der Waals surface area contributed by atoms with Crippen molar-refractivity contribution in [3.05, 3.63) is 53.6 Å². The fourth-order valence-electron chi connectivity index (χ4n) is 1.55. The summed E-state index contributed by atoms with van der Waals surface area (Å²) in [6.07, 6.45) is 4.90. The van der Waals surface area contributed by atoms with Crippen LogP contribution in [0.2, 0.25) is 0 Å². The lowest BCUT2D eigenvalue weighted by Gasteiger charge is -2.12. The summed E-state index contributed by atoms with van der Waals surface area (Å²) >= 11 is 0. The molecule has 0 N–H and O–H groups in total. The van der Waals surface area contributed by atoms with Gasteiger partial charge >= 0.3 is 5.92 Å². The number of halogens is 3. The molecule has 0 unspecified atom stereocenters. The van der Waals surface area contributed by atoms with Crippen molar-refractivity contribution in [2.24, 2.45) is 7.05 Å². The van der Waals surface area contributed by atoms with E-state index in [0.29, 0.717) is 5.56 Å². The third-order valence-corrected chi connectivity index (χ3v) is 2.56. The molecule has 0 bridgehead atoms. The number of aryl methyl sites for hydroxylation is 1. The molecule has 2 rings (SSSR count). The van der Waals surface area contributed by atoms with Crippen LogP contribution in [0.3, 0.4) is 0 Å². The molecule has 0 saturated carbocycles. The predicted molar refractivity (Wildman–Crippen MR) is 66.6 cm³/mol. The van der Waals surface area contributed by atoms with Crippen molar-refractivity contribution >= 4 is 0 Å². The highest BCUT2D eigenvalue weighted by Gasteiger charge is 2.34. The molecule has 0 aromatic carbocycles. The first-order valence-corrected chi connectivity index (χ1v) is 5.73. The van der Waals surface area contributed by atoms with E-state index in [9.17, 15) is 13.3 Å². The van der Waals surface area contributed by atoms with Crippen molar-refractivity contribution in [2.75, 3.05) is 6.61 Å². The molecule has 0 aliphatic rings. The minimum Gasteiger partial charge on any atom is -0.356 e. The van der Waals surface area contributed by atoms with E-state index in [4.69, 9.17) is 0 Å². The van der Waals surface area contributed by atoms with E-state index in [1.54, 1.807) is 0 Å². The largest absolute Gasteiger partial charge is 0.356 e. The van der Waals surface area contributed by atoms with Crippen LogP contribution in [-0.2, 0) is 17.9 Å². The van der Waals surface area contributed by atoms with Crippen LogP contribution in [0.15, 0.2) is 36.8 Å². The van der Waals surface area contributed by atoms with Gasteiger partial charge in [0.25, 0.3) is 0 Å². The fraction of sp³-hybridized carbons (Fsp3) is 0.214. The molecular formula is C14H11F3N2O. The third kappa shape index (κ3) is 3.39. The van der Waals surface area contributed by atoms with Crippen LogP contribution in [0.25, 0.3) is 0 Å². The monoisotopic (exact) mass is 280 g/mol. The molecule has 6 heteroatoms. The summed E-state index contributed by atoms with van der Waals surface area (Å²) in [5, 5.41) is 0. The second kappa shape index (κ2) is 5.80. The Bertz CT molecular complexity index is 638. The Morgan fingerprint density at radius 2 is 2.00 bits per heavy atom. The molecule has 0 aliphatic carbocycles. The predicted octanol–water partition coefficient (Wildman–Crippen LogP) is 2.81. The number of hydrogen-bond donors (Lipinski definition) is 0. The quantitative estimate of drug-likeness (QED) is 0.808. The summed E-state index contributed by atoms with van der Waals surface area (Å²) in [6, 6.07) is 4.35. The molecule has 0 spiro atoms. The SMILES string of the molecule is Cn1ccc(C#Cc2ccc(C(F)(F)COF)nc2)c1. The molecule has 0 aliphatic heterocycles. The summed E-state index contributed by atoms with van der Waals surface area (Å²) in [7, 11) is 1.87. The first kappa shape index (κ1) is 14.2. The molecule has 0 atom stereocenters. The lowest BCUT2D eigenvalue weighted by atomic mass is 10.2. The zero-order valence-electron chi connectivity index (χ0n) is 10.6. The topological polar surface area (TPSA) is 27.1 Å². The Labute approximate surface area is 113 Å². The average molecular weight is 280 g/mol. The third-order valence-electron chi connectivity index (χ3n) is 2.56. The molecular weight excluding hydrogens is 269 g/mol. The Morgan fingerprint density at radius 3 is 2.55 bits per heavy atom. The van der Waals surface area contributed by atoms with Crippen LogP contribution in [0.1, 0.15) is 16.8 Å². The van der Waals surface area contributed by atoms with Gasteiger partial charge < -0.3 is 4.57 Å². The van der Waals surface area contributed by atoms with Crippen molar-refractivity contribution in [1.82, 2.24) is 9.55 Å². The lowest BCUT2D eigenvalue weighted by molar-refractivity contribution is -0.203. The maximum absolute atomic E-state index is 13.3. The number of pyridine rings is 1. The van der Waals surface area contributed by atoms with E-state index in [0.717, 1.165) is 11.6 Å². The molecule has 0 amide bonds. The van der Waals surface area contributed by atoms with Gasteiger partial charge in [-0.2, -0.15) is 13.7 Å². The van der Waals surface area contributed by atoms with E-state index in [-0.39, 0.29) is 0 Å². The first-order valence-electron chi connectivity index (χ1n) is 5.73. The Balaban J connectivity index is 2.15. The molecule has 2 aromatic rings. The molecule has 2 heterocycles. The molecule has 20 heavy (non-hydrogen) atoms. The van der Waals surface area contributed by atoms with Gasteiger partial charge in [0.2, 0.25) is 0 Å². The summed E-state index contributed by atoms with van der Waals surface area (Å²) in [4.78, 5) is 6.56. The number of hydrogen-bond acceptors (Lipinski definition) is 2. The van der Waals surface area contributed by atoms with Crippen LogP contribution >= 0.6 is 0 Å². The number of rotatable bonds is 3. The minimum absolute atomic E-state index is 0.495. The van der Waals surface area contributed by atoms with Gasteiger partial charge in [-0.1, -0.05) is 11.8 Å². The van der Waals surface area contributed by atoms with Crippen molar-refractivity contribution in [2.45, 2.75) is 5.92 Å². The summed E-state index contributed by atoms with van der Waals surface area (Å²) in [5.41, 5.74) is 0.753.